The molecule has 0 aromatic heterocycles. The van der Waals surface area contributed by atoms with E-state index in [9.17, 15) is 27.7 Å². The first-order valence-electron chi connectivity index (χ1n) is 9.59. The van der Waals surface area contributed by atoms with E-state index in [4.69, 9.17) is 5.11 Å². The molecule has 1 atom stereocenters. The fourth-order valence-electron chi connectivity index (χ4n) is 3.10. The van der Waals surface area contributed by atoms with E-state index in [1.165, 1.54) is 38.5 Å². The molecule has 3 N–H and O–H groups in total. The number of rotatable bonds is 17. The predicted octanol–water partition coefficient (Wildman–Crippen LogP) is 3.62. The van der Waals surface area contributed by atoms with Crippen molar-refractivity contribution in [1.82, 2.24) is 0 Å². The van der Waals surface area contributed by atoms with Gasteiger partial charge >= 0.3 is 41.5 Å². The van der Waals surface area contributed by atoms with E-state index in [2.05, 4.69) is 6.92 Å². The van der Waals surface area contributed by atoms with Gasteiger partial charge in [-0.2, -0.15) is 8.42 Å². The molecule has 0 saturated carbocycles. The quantitative estimate of drug-likeness (QED) is 0.187. The summed E-state index contributed by atoms with van der Waals surface area (Å²) in [7, 11) is -5.02. The van der Waals surface area contributed by atoms with Crippen LogP contribution in [0.15, 0.2) is 0 Å². The van der Waals surface area contributed by atoms with Crippen molar-refractivity contribution in [3.8, 4) is 0 Å². The molecule has 0 aromatic carbocycles. The van der Waals surface area contributed by atoms with E-state index < -0.39 is 39.6 Å². The summed E-state index contributed by atoms with van der Waals surface area (Å²) in [5, 5.41) is 18.0. The van der Waals surface area contributed by atoms with Crippen molar-refractivity contribution < 1.29 is 32.8 Å². The van der Waals surface area contributed by atoms with Crippen LogP contribution in [0.5, 0.6) is 0 Å². The van der Waals surface area contributed by atoms with Gasteiger partial charge in [-0.1, -0.05) is 84.0 Å². The van der Waals surface area contributed by atoms with Crippen LogP contribution < -0.4 is 0 Å². The number of aliphatic carboxylic acids is 2. The van der Waals surface area contributed by atoms with Gasteiger partial charge in [0.2, 0.25) is 4.75 Å². The molecule has 27 heavy (non-hydrogen) atoms. The molecule has 0 aromatic rings. The number of hydrogen-bond donors (Lipinski definition) is 3. The van der Waals surface area contributed by atoms with Crippen LogP contribution in [-0.2, 0) is 19.7 Å². The number of carboxylic acid groups (broad SMARTS) is 2. The Kier molecular flexibility index (Phi) is 16.9. The Morgan fingerprint density at radius 1 is 0.778 bits per heavy atom. The first-order chi connectivity index (χ1) is 12.2. The second kappa shape index (κ2) is 15.7. The van der Waals surface area contributed by atoms with Crippen LogP contribution in [0.1, 0.15) is 96.8 Å². The van der Waals surface area contributed by atoms with Crippen molar-refractivity contribution in [2.45, 2.75) is 102 Å². The van der Waals surface area contributed by atoms with Gasteiger partial charge in [-0.15, -0.1) is 0 Å². The standard InChI is InChI=1S/C18H34O7S.Na.H/c1-2-3-4-5-6-7-8-9-10-11-12-13-14-18(17(21)22,15-16(19)20)26(23,24)25;;/h2-15H2,1H3,(H,19,20)(H,21,22)(H,23,24,25);;. The molecule has 0 heterocycles. The maximum atomic E-state index is 11.5. The Labute approximate surface area is 185 Å². The van der Waals surface area contributed by atoms with Crippen molar-refractivity contribution in [2.24, 2.45) is 0 Å². The molecular formula is C18H35NaO7S. The third kappa shape index (κ3) is 12.1. The fraction of sp³-hybridized carbons (Fsp3) is 0.889. The summed E-state index contributed by atoms with van der Waals surface area (Å²) in [6.07, 6.45) is 11.0. The first kappa shape index (κ1) is 29.1. The summed E-state index contributed by atoms with van der Waals surface area (Å²) >= 11 is 0. The summed E-state index contributed by atoms with van der Waals surface area (Å²) < 4.78 is 29.5. The van der Waals surface area contributed by atoms with Crippen molar-refractivity contribution >= 4 is 51.6 Å². The average Bonchev–Trinajstić information content (AvgIpc) is 2.53. The summed E-state index contributed by atoms with van der Waals surface area (Å²) in [5.74, 6) is -3.38. The van der Waals surface area contributed by atoms with Crippen molar-refractivity contribution in [1.29, 1.82) is 0 Å². The van der Waals surface area contributed by atoms with Crippen LogP contribution in [0, 0.1) is 0 Å². The van der Waals surface area contributed by atoms with Gasteiger partial charge in [-0.25, -0.2) is 0 Å². The summed E-state index contributed by atoms with van der Waals surface area (Å²) in [4.78, 5) is 22.2. The van der Waals surface area contributed by atoms with E-state index in [0.29, 0.717) is 6.42 Å². The minimum atomic E-state index is -5.02. The molecule has 156 valence electrons. The Morgan fingerprint density at radius 3 is 1.44 bits per heavy atom. The zero-order valence-corrected chi connectivity index (χ0v) is 16.6. The first-order valence-corrected chi connectivity index (χ1v) is 11.0. The van der Waals surface area contributed by atoms with Gasteiger partial charge < -0.3 is 10.2 Å². The van der Waals surface area contributed by atoms with Crippen molar-refractivity contribution in [2.75, 3.05) is 0 Å². The monoisotopic (exact) mass is 418 g/mol. The van der Waals surface area contributed by atoms with Gasteiger partial charge in [0.05, 0.1) is 6.42 Å². The second-order valence-corrected chi connectivity index (χ2v) is 8.72. The molecule has 0 aliphatic rings. The van der Waals surface area contributed by atoms with Crippen molar-refractivity contribution in [3.63, 3.8) is 0 Å². The predicted molar refractivity (Wildman–Crippen MR) is 107 cm³/mol. The Hall–Kier alpha value is -0.150. The van der Waals surface area contributed by atoms with Crippen molar-refractivity contribution in [3.05, 3.63) is 0 Å². The van der Waals surface area contributed by atoms with Crippen LogP contribution in [0.3, 0.4) is 0 Å². The Morgan fingerprint density at radius 2 is 1.15 bits per heavy atom. The molecule has 0 aliphatic heterocycles. The molecular weight excluding hydrogens is 383 g/mol. The molecule has 0 bridgehead atoms. The number of carbonyl (C=O) groups is 2. The molecule has 1 unspecified atom stereocenters. The second-order valence-electron chi connectivity index (χ2n) is 6.98. The summed E-state index contributed by atoms with van der Waals surface area (Å²) in [6, 6.07) is 0. The minimum absolute atomic E-state index is 0. The zero-order valence-electron chi connectivity index (χ0n) is 15.8. The van der Waals surface area contributed by atoms with Gasteiger partial charge in [-0.3, -0.25) is 14.1 Å². The molecule has 0 radical (unpaired) electrons. The van der Waals surface area contributed by atoms with E-state index in [0.717, 1.165) is 25.7 Å². The number of unbranched alkanes of at least 4 members (excludes halogenated alkanes) is 11. The van der Waals surface area contributed by atoms with E-state index in [-0.39, 0.29) is 36.0 Å². The van der Waals surface area contributed by atoms with E-state index in [1.54, 1.807) is 0 Å². The molecule has 0 amide bonds. The molecule has 0 saturated heterocycles. The van der Waals surface area contributed by atoms with E-state index >= 15 is 0 Å². The topological polar surface area (TPSA) is 129 Å². The zero-order chi connectivity index (χ0) is 20.1. The summed E-state index contributed by atoms with van der Waals surface area (Å²) in [6.45, 7) is 2.19. The fourth-order valence-corrected chi connectivity index (χ4v) is 4.03. The van der Waals surface area contributed by atoms with Gasteiger partial charge in [-0.05, 0) is 6.42 Å². The van der Waals surface area contributed by atoms with Crippen LogP contribution in [0.2, 0.25) is 0 Å². The van der Waals surface area contributed by atoms with Crippen LogP contribution in [0.4, 0.5) is 0 Å². The molecule has 7 nitrogen and oxygen atoms in total. The van der Waals surface area contributed by atoms with Gasteiger partial charge in [0.15, 0.2) is 0 Å². The molecule has 0 rings (SSSR count). The maximum absolute atomic E-state index is 11.5. The number of hydrogen-bond acceptors (Lipinski definition) is 4. The molecule has 0 spiro atoms. The Bertz CT molecular complexity index is 522. The molecule has 0 fully saturated rings. The Balaban J connectivity index is 0. The molecule has 9 heteroatoms. The third-order valence-electron chi connectivity index (χ3n) is 4.75. The average molecular weight is 419 g/mol. The number of carboxylic acids is 2. The SMILES string of the molecule is CCCCCCCCCCCCCCC(CC(=O)O)(C(=O)O)S(=O)(=O)O.[NaH]. The normalized spacial score (nSPS) is 13.6. The molecule has 0 aliphatic carbocycles. The summed E-state index contributed by atoms with van der Waals surface area (Å²) in [5.41, 5.74) is 0. The van der Waals surface area contributed by atoms with Crippen LogP contribution in [-0.4, -0.2) is 69.4 Å². The van der Waals surface area contributed by atoms with Gasteiger partial charge in [0, 0.05) is 0 Å². The van der Waals surface area contributed by atoms with Gasteiger partial charge in [0.1, 0.15) is 0 Å². The third-order valence-corrected chi connectivity index (χ3v) is 6.27. The van der Waals surface area contributed by atoms with Crippen LogP contribution in [0.25, 0.3) is 0 Å². The van der Waals surface area contributed by atoms with Crippen LogP contribution >= 0.6 is 0 Å². The van der Waals surface area contributed by atoms with E-state index in [1.807, 2.05) is 0 Å². The van der Waals surface area contributed by atoms with Gasteiger partial charge in [0.25, 0.3) is 10.1 Å².